The first-order chi connectivity index (χ1) is 9.81. The Hall–Kier alpha value is -1.22. The van der Waals surface area contributed by atoms with Gasteiger partial charge in [-0.3, -0.25) is 0 Å². The lowest BCUT2D eigenvalue weighted by atomic mass is 10.1. The molecule has 0 aliphatic rings. The molecule has 0 fully saturated rings. The van der Waals surface area contributed by atoms with E-state index in [9.17, 15) is 0 Å². The van der Waals surface area contributed by atoms with Gasteiger partial charge in [0, 0.05) is 12.1 Å². The van der Waals surface area contributed by atoms with E-state index >= 15 is 0 Å². The van der Waals surface area contributed by atoms with Gasteiger partial charge in [0.05, 0.1) is 14.2 Å². The number of hydrogen-bond acceptors (Lipinski definition) is 3. The van der Waals surface area contributed by atoms with Gasteiger partial charge in [0.1, 0.15) is 11.5 Å². The summed E-state index contributed by atoms with van der Waals surface area (Å²) in [4.78, 5) is 0. The van der Waals surface area contributed by atoms with Crippen molar-refractivity contribution in [2.45, 2.75) is 52.0 Å². The van der Waals surface area contributed by atoms with Gasteiger partial charge >= 0.3 is 0 Å². The largest absolute Gasteiger partial charge is 0.497 e. The average Bonchev–Trinajstić information content (AvgIpc) is 2.49. The molecule has 1 N–H and O–H groups in total. The number of ether oxygens (including phenoxy) is 2. The van der Waals surface area contributed by atoms with E-state index in [4.69, 9.17) is 9.47 Å². The van der Waals surface area contributed by atoms with Crippen molar-refractivity contribution in [3.8, 4) is 11.5 Å². The zero-order valence-electron chi connectivity index (χ0n) is 13.2. The summed E-state index contributed by atoms with van der Waals surface area (Å²) in [6.45, 7) is 4.14. The molecule has 3 heteroatoms. The van der Waals surface area contributed by atoms with Gasteiger partial charge < -0.3 is 14.8 Å². The van der Waals surface area contributed by atoms with Crippen molar-refractivity contribution in [2.75, 3.05) is 20.8 Å². The molecule has 20 heavy (non-hydrogen) atoms. The molecule has 0 bridgehead atoms. The van der Waals surface area contributed by atoms with Crippen molar-refractivity contribution in [1.82, 2.24) is 5.32 Å². The molecule has 0 saturated carbocycles. The number of rotatable bonds is 11. The Bertz CT molecular complexity index is 366. The summed E-state index contributed by atoms with van der Waals surface area (Å²) in [6, 6.07) is 5.92. The lowest BCUT2D eigenvalue weighted by Gasteiger charge is -2.11. The minimum absolute atomic E-state index is 0.829. The van der Waals surface area contributed by atoms with E-state index in [0.29, 0.717) is 0 Å². The van der Waals surface area contributed by atoms with E-state index in [-0.39, 0.29) is 0 Å². The molecule has 0 atom stereocenters. The zero-order valence-corrected chi connectivity index (χ0v) is 13.2. The minimum Gasteiger partial charge on any atom is -0.497 e. The molecule has 1 aromatic rings. The van der Waals surface area contributed by atoms with Crippen molar-refractivity contribution < 1.29 is 9.47 Å². The van der Waals surface area contributed by atoms with Crippen LogP contribution in [0.2, 0.25) is 0 Å². The molecule has 0 radical (unpaired) electrons. The van der Waals surface area contributed by atoms with Gasteiger partial charge in [0.25, 0.3) is 0 Å². The summed E-state index contributed by atoms with van der Waals surface area (Å²) in [7, 11) is 3.40. The first kappa shape index (κ1) is 16.8. The van der Waals surface area contributed by atoms with Crippen molar-refractivity contribution in [1.29, 1.82) is 0 Å². The van der Waals surface area contributed by atoms with Crippen molar-refractivity contribution >= 4 is 0 Å². The molecular weight excluding hydrogens is 250 g/mol. The van der Waals surface area contributed by atoms with Crippen LogP contribution in [0.25, 0.3) is 0 Å². The highest BCUT2D eigenvalue weighted by Crippen LogP contribution is 2.23. The third kappa shape index (κ3) is 6.29. The Morgan fingerprint density at radius 1 is 0.950 bits per heavy atom. The molecule has 0 heterocycles. The maximum absolute atomic E-state index is 5.37. The third-order valence-electron chi connectivity index (χ3n) is 3.51. The monoisotopic (exact) mass is 279 g/mol. The first-order valence-electron chi connectivity index (χ1n) is 7.73. The van der Waals surface area contributed by atoms with Crippen LogP contribution in [0.4, 0.5) is 0 Å². The first-order valence-corrected chi connectivity index (χ1v) is 7.73. The molecule has 1 rings (SSSR count). The van der Waals surface area contributed by atoms with Gasteiger partial charge in [0.15, 0.2) is 0 Å². The molecule has 0 aromatic heterocycles. The Labute approximate surface area is 123 Å². The van der Waals surface area contributed by atoms with Gasteiger partial charge in [0.2, 0.25) is 0 Å². The predicted molar refractivity (Wildman–Crippen MR) is 84.6 cm³/mol. The number of benzene rings is 1. The molecule has 114 valence electrons. The lowest BCUT2D eigenvalue weighted by Crippen LogP contribution is -2.15. The van der Waals surface area contributed by atoms with Gasteiger partial charge in [-0.05, 0) is 31.2 Å². The number of hydrogen-bond donors (Lipinski definition) is 1. The summed E-state index contributed by atoms with van der Waals surface area (Å²) in [6.07, 6.45) is 7.98. The average molecular weight is 279 g/mol. The normalized spacial score (nSPS) is 10.6. The van der Waals surface area contributed by atoms with Crippen LogP contribution >= 0.6 is 0 Å². The SMILES string of the molecule is CCCCCCCCNCc1cc(OC)ccc1OC. The van der Waals surface area contributed by atoms with E-state index in [1.165, 1.54) is 38.5 Å². The number of unbranched alkanes of at least 4 members (excludes halogenated alkanes) is 5. The van der Waals surface area contributed by atoms with Crippen LogP contribution in [0.15, 0.2) is 18.2 Å². The van der Waals surface area contributed by atoms with Crippen LogP contribution in [0.1, 0.15) is 51.0 Å². The van der Waals surface area contributed by atoms with Gasteiger partial charge in [-0.25, -0.2) is 0 Å². The molecule has 0 spiro atoms. The summed E-state index contributed by atoms with van der Waals surface area (Å²) < 4.78 is 10.6. The van der Waals surface area contributed by atoms with E-state index in [0.717, 1.165) is 30.2 Å². The highest BCUT2D eigenvalue weighted by atomic mass is 16.5. The quantitative estimate of drug-likeness (QED) is 0.617. The summed E-state index contributed by atoms with van der Waals surface area (Å²) in [5, 5.41) is 3.48. The third-order valence-corrected chi connectivity index (χ3v) is 3.51. The minimum atomic E-state index is 0.829. The lowest BCUT2D eigenvalue weighted by molar-refractivity contribution is 0.397. The summed E-state index contributed by atoms with van der Waals surface area (Å²) in [5.41, 5.74) is 1.15. The fraction of sp³-hybridized carbons (Fsp3) is 0.647. The second-order valence-corrected chi connectivity index (χ2v) is 5.12. The summed E-state index contributed by atoms with van der Waals surface area (Å²) in [5.74, 6) is 1.79. The molecular formula is C17H29NO2. The van der Waals surface area contributed by atoms with Crippen molar-refractivity contribution in [3.05, 3.63) is 23.8 Å². The molecule has 0 aliphatic carbocycles. The maximum atomic E-state index is 5.37. The highest BCUT2D eigenvalue weighted by Gasteiger charge is 2.04. The zero-order chi connectivity index (χ0) is 14.6. The number of nitrogens with one attached hydrogen (secondary N) is 1. The van der Waals surface area contributed by atoms with Crippen LogP contribution < -0.4 is 14.8 Å². The van der Waals surface area contributed by atoms with Gasteiger partial charge in [-0.1, -0.05) is 39.0 Å². The van der Waals surface area contributed by atoms with E-state index in [1.54, 1.807) is 14.2 Å². The van der Waals surface area contributed by atoms with Crippen LogP contribution in [0, 0.1) is 0 Å². The van der Waals surface area contributed by atoms with Crippen LogP contribution in [-0.2, 0) is 6.54 Å². The van der Waals surface area contributed by atoms with Crippen molar-refractivity contribution in [2.24, 2.45) is 0 Å². The molecule has 0 saturated heterocycles. The smallest absolute Gasteiger partial charge is 0.123 e. The van der Waals surface area contributed by atoms with Gasteiger partial charge in [-0.15, -0.1) is 0 Å². The second kappa shape index (κ2) is 10.6. The molecule has 1 aromatic carbocycles. The molecule has 0 aliphatic heterocycles. The summed E-state index contributed by atoms with van der Waals surface area (Å²) >= 11 is 0. The Morgan fingerprint density at radius 3 is 2.40 bits per heavy atom. The fourth-order valence-electron chi connectivity index (χ4n) is 2.27. The second-order valence-electron chi connectivity index (χ2n) is 5.12. The molecule has 3 nitrogen and oxygen atoms in total. The highest BCUT2D eigenvalue weighted by molar-refractivity contribution is 5.40. The van der Waals surface area contributed by atoms with E-state index < -0.39 is 0 Å². The molecule has 0 unspecified atom stereocenters. The topological polar surface area (TPSA) is 30.5 Å². The fourth-order valence-corrected chi connectivity index (χ4v) is 2.27. The van der Waals surface area contributed by atoms with E-state index in [2.05, 4.69) is 12.2 Å². The Balaban J connectivity index is 2.24. The maximum Gasteiger partial charge on any atom is 0.123 e. The Kier molecular flexibility index (Phi) is 8.88. The predicted octanol–water partition coefficient (Wildman–Crippen LogP) is 4.15. The van der Waals surface area contributed by atoms with Gasteiger partial charge in [-0.2, -0.15) is 0 Å². The number of methoxy groups -OCH3 is 2. The van der Waals surface area contributed by atoms with Crippen molar-refractivity contribution in [3.63, 3.8) is 0 Å². The van der Waals surface area contributed by atoms with Crippen LogP contribution in [0.3, 0.4) is 0 Å². The standard InChI is InChI=1S/C17H29NO2/c1-4-5-6-7-8-9-12-18-14-15-13-16(19-2)10-11-17(15)20-3/h10-11,13,18H,4-9,12,14H2,1-3H3. The molecule has 0 amide bonds. The van der Waals surface area contributed by atoms with Crippen LogP contribution in [0.5, 0.6) is 11.5 Å². The van der Waals surface area contributed by atoms with Crippen LogP contribution in [-0.4, -0.2) is 20.8 Å². The Morgan fingerprint density at radius 2 is 1.70 bits per heavy atom. The van der Waals surface area contributed by atoms with E-state index in [1.807, 2.05) is 18.2 Å².